The molecule has 0 aliphatic carbocycles. The Morgan fingerprint density at radius 1 is 1.24 bits per heavy atom. The molecule has 9 heteroatoms. The van der Waals surface area contributed by atoms with Gasteiger partial charge in [-0.3, -0.25) is 24.3 Å². The highest BCUT2D eigenvalue weighted by molar-refractivity contribution is 8.00. The van der Waals surface area contributed by atoms with E-state index in [1.54, 1.807) is 29.7 Å². The number of para-hydroxylation sites is 1. The van der Waals surface area contributed by atoms with E-state index in [9.17, 15) is 19.7 Å². The van der Waals surface area contributed by atoms with Gasteiger partial charge in [0.15, 0.2) is 5.16 Å². The monoisotopic (exact) mass is 412 g/mol. The van der Waals surface area contributed by atoms with Crippen molar-refractivity contribution in [2.24, 2.45) is 0 Å². The highest BCUT2D eigenvalue weighted by Gasteiger charge is 2.19. The molecule has 0 fully saturated rings. The topological polar surface area (TPSA) is 107 Å². The molecule has 150 valence electrons. The van der Waals surface area contributed by atoms with Crippen molar-refractivity contribution in [1.82, 2.24) is 9.55 Å². The van der Waals surface area contributed by atoms with Crippen molar-refractivity contribution in [1.29, 1.82) is 0 Å². The number of nitro benzene ring substituents is 1. The molecular formula is C20H20N4O4S. The van der Waals surface area contributed by atoms with E-state index in [1.807, 2.05) is 13.0 Å². The van der Waals surface area contributed by atoms with E-state index in [2.05, 4.69) is 10.3 Å². The Kier molecular flexibility index (Phi) is 6.28. The number of anilines is 1. The fourth-order valence-corrected chi connectivity index (χ4v) is 3.72. The van der Waals surface area contributed by atoms with Crippen molar-refractivity contribution in [3.8, 4) is 0 Å². The highest BCUT2D eigenvalue weighted by Crippen LogP contribution is 2.24. The Hall–Kier alpha value is -3.20. The summed E-state index contributed by atoms with van der Waals surface area (Å²) in [5.74, 6) is -0.283. The predicted octanol–water partition coefficient (Wildman–Crippen LogP) is 3.83. The standard InChI is InChI=1S/C20H20N4O4S/c1-3-12-23-19(26)16-6-4-5-7-17(16)22-20(23)29-13(2)18(25)21-14-8-10-15(11-9-14)24(27)28/h4-11,13H,3,12H2,1-2H3,(H,21,25). The number of nitrogens with one attached hydrogen (secondary N) is 1. The van der Waals surface area contributed by atoms with Crippen LogP contribution < -0.4 is 10.9 Å². The Morgan fingerprint density at radius 3 is 2.59 bits per heavy atom. The van der Waals surface area contributed by atoms with Crippen molar-refractivity contribution in [3.63, 3.8) is 0 Å². The second-order valence-corrected chi connectivity index (χ2v) is 7.73. The van der Waals surface area contributed by atoms with Crippen LogP contribution in [0.3, 0.4) is 0 Å². The summed E-state index contributed by atoms with van der Waals surface area (Å²) in [5, 5.41) is 14.0. The molecule has 0 radical (unpaired) electrons. The smallest absolute Gasteiger partial charge is 0.269 e. The van der Waals surface area contributed by atoms with Crippen LogP contribution in [0.4, 0.5) is 11.4 Å². The van der Waals surface area contributed by atoms with Gasteiger partial charge in [0.1, 0.15) is 0 Å². The van der Waals surface area contributed by atoms with E-state index in [0.717, 1.165) is 6.42 Å². The minimum absolute atomic E-state index is 0.0469. The molecule has 1 aromatic heterocycles. The number of nitrogens with zero attached hydrogens (tertiary/aromatic N) is 3. The van der Waals surface area contributed by atoms with Crippen LogP contribution in [-0.2, 0) is 11.3 Å². The zero-order valence-electron chi connectivity index (χ0n) is 16.0. The number of carbonyl (C=O) groups excluding carboxylic acids is 1. The van der Waals surface area contributed by atoms with Crippen molar-refractivity contribution in [2.45, 2.75) is 37.2 Å². The molecule has 8 nitrogen and oxygen atoms in total. The minimum Gasteiger partial charge on any atom is -0.325 e. The first-order valence-corrected chi connectivity index (χ1v) is 10.00. The molecule has 1 atom stereocenters. The lowest BCUT2D eigenvalue weighted by Gasteiger charge is -2.16. The van der Waals surface area contributed by atoms with Crippen molar-refractivity contribution in [3.05, 3.63) is 69.0 Å². The molecule has 1 amide bonds. The SMILES string of the molecule is CCCn1c(SC(C)C(=O)Nc2ccc([N+](=O)[O-])cc2)nc2ccccc2c1=O. The van der Waals surface area contributed by atoms with Crippen LogP contribution in [0.15, 0.2) is 58.5 Å². The number of nitro groups is 1. The maximum absolute atomic E-state index is 12.8. The Balaban J connectivity index is 1.81. The molecule has 3 rings (SSSR count). The third-order valence-electron chi connectivity index (χ3n) is 4.27. The molecule has 3 aromatic rings. The summed E-state index contributed by atoms with van der Waals surface area (Å²) in [4.78, 5) is 40.2. The Morgan fingerprint density at radius 2 is 1.93 bits per heavy atom. The van der Waals surface area contributed by atoms with Gasteiger partial charge < -0.3 is 5.32 Å². The molecule has 2 aromatic carbocycles. The van der Waals surface area contributed by atoms with Crippen LogP contribution in [0.2, 0.25) is 0 Å². The molecule has 1 heterocycles. The van der Waals surface area contributed by atoms with Gasteiger partial charge in [0.05, 0.1) is 21.1 Å². The maximum Gasteiger partial charge on any atom is 0.269 e. The van der Waals surface area contributed by atoms with Crippen molar-refractivity contribution in [2.75, 3.05) is 5.32 Å². The van der Waals surface area contributed by atoms with Gasteiger partial charge >= 0.3 is 0 Å². The van der Waals surface area contributed by atoms with E-state index in [0.29, 0.717) is 28.3 Å². The fourth-order valence-electron chi connectivity index (χ4n) is 2.78. The van der Waals surface area contributed by atoms with Crippen LogP contribution in [0.1, 0.15) is 20.3 Å². The Labute approximate surface area is 171 Å². The first-order chi connectivity index (χ1) is 13.9. The summed E-state index contributed by atoms with van der Waals surface area (Å²) in [6, 6.07) is 12.8. The number of benzene rings is 2. The number of rotatable bonds is 7. The minimum atomic E-state index is -0.527. The zero-order chi connectivity index (χ0) is 21.0. The van der Waals surface area contributed by atoms with Gasteiger partial charge in [0, 0.05) is 24.4 Å². The average molecular weight is 412 g/mol. The number of hydrogen-bond donors (Lipinski definition) is 1. The van der Waals surface area contributed by atoms with Crippen molar-refractivity contribution < 1.29 is 9.72 Å². The lowest BCUT2D eigenvalue weighted by Crippen LogP contribution is -2.27. The predicted molar refractivity (Wildman–Crippen MR) is 113 cm³/mol. The number of hydrogen-bond acceptors (Lipinski definition) is 6. The number of non-ortho nitro benzene ring substituents is 1. The number of thioether (sulfide) groups is 1. The lowest BCUT2D eigenvalue weighted by molar-refractivity contribution is -0.384. The maximum atomic E-state index is 12.8. The van der Waals surface area contributed by atoms with E-state index in [4.69, 9.17) is 0 Å². The van der Waals surface area contributed by atoms with Gasteiger partial charge in [0.2, 0.25) is 5.91 Å². The fraction of sp³-hybridized carbons (Fsp3) is 0.250. The molecule has 0 saturated heterocycles. The van der Waals surface area contributed by atoms with Gasteiger partial charge in [-0.25, -0.2) is 4.98 Å². The van der Waals surface area contributed by atoms with Crippen LogP contribution in [-0.4, -0.2) is 25.6 Å². The summed E-state index contributed by atoms with van der Waals surface area (Å²) in [5.41, 5.74) is 0.887. The van der Waals surface area contributed by atoms with E-state index < -0.39 is 10.2 Å². The Bertz CT molecular complexity index is 1110. The largest absolute Gasteiger partial charge is 0.325 e. The first kappa shape index (κ1) is 20.5. The van der Waals surface area contributed by atoms with Crippen molar-refractivity contribution >= 4 is 39.9 Å². The van der Waals surface area contributed by atoms with Gasteiger partial charge in [0.25, 0.3) is 11.2 Å². The molecule has 0 aliphatic heterocycles. The zero-order valence-corrected chi connectivity index (χ0v) is 16.8. The molecule has 0 aliphatic rings. The number of aromatic nitrogens is 2. The van der Waals surface area contributed by atoms with Crippen LogP contribution >= 0.6 is 11.8 Å². The third kappa shape index (κ3) is 4.62. The third-order valence-corrected chi connectivity index (χ3v) is 5.36. The summed E-state index contributed by atoms with van der Waals surface area (Å²) >= 11 is 1.21. The summed E-state index contributed by atoms with van der Waals surface area (Å²) in [6.07, 6.45) is 0.761. The molecule has 1 N–H and O–H groups in total. The lowest BCUT2D eigenvalue weighted by atomic mass is 10.2. The summed E-state index contributed by atoms with van der Waals surface area (Å²) in [6.45, 7) is 4.21. The van der Waals surface area contributed by atoms with Gasteiger partial charge in [-0.1, -0.05) is 30.8 Å². The normalized spacial score (nSPS) is 11.9. The van der Waals surface area contributed by atoms with Crippen LogP contribution in [0.25, 0.3) is 10.9 Å². The quantitative estimate of drug-likeness (QED) is 0.273. The molecule has 29 heavy (non-hydrogen) atoms. The second-order valence-electron chi connectivity index (χ2n) is 6.42. The molecule has 0 saturated carbocycles. The first-order valence-electron chi connectivity index (χ1n) is 9.12. The average Bonchev–Trinajstić information content (AvgIpc) is 2.71. The number of fused-ring (bicyclic) bond motifs is 1. The van der Waals surface area contributed by atoms with Gasteiger partial charge in [-0.2, -0.15) is 0 Å². The van der Waals surface area contributed by atoms with Gasteiger partial charge in [-0.05, 0) is 37.6 Å². The van der Waals surface area contributed by atoms with Crippen LogP contribution in [0, 0.1) is 10.1 Å². The second kappa shape index (κ2) is 8.87. The molecular weight excluding hydrogens is 392 g/mol. The van der Waals surface area contributed by atoms with E-state index in [1.165, 1.54) is 36.0 Å². The molecule has 0 bridgehead atoms. The van der Waals surface area contributed by atoms with Crippen LogP contribution in [0.5, 0.6) is 0 Å². The summed E-state index contributed by atoms with van der Waals surface area (Å²) in [7, 11) is 0. The highest BCUT2D eigenvalue weighted by atomic mass is 32.2. The van der Waals surface area contributed by atoms with E-state index >= 15 is 0 Å². The number of amides is 1. The van der Waals surface area contributed by atoms with Gasteiger partial charge in [-0.15, -0.1) is 0 Å². The molecule has 1 unspecified atom stereocenters. The summed E-state index contributed by atoms with van der Waals surface area (Å²) < 4.78 is 1.60. The molecule has 0 spiro atoms. The van der Waals surface area contributed by atoms with E-state index in [-0.39, 0.29) is 17.2 Å². The number of carbonyl (C=O) groups is 1.